The van der Waals surface area contributed by atoms with Gasteiger partial charge in [0.15, 0.2) is 0 Å². The first-order chi connectivity index (χ1) is 36.6. The van der Waals surface area contributed by atoms with E-state index in [1.165, 1.54) is 13.8 Å². The normalized spacial score (nSPS) is 24.7. The van der Waals surface area contributed by atoms with Crippen LogP contribution in [0.25, 0.3) is 0 Å². The van der Waals surface area contributed by atoms with Crippen molar-refractivity contribution in [3.8, 4) is 0 Å². The number of rotatable bonds is 21. The Balaban J connectivity index is 2.09. The maximum absolute atomic E-state index is 14.4. The van der Waals surface area contributed by atoms with E-state index < -0.39 is 139 Å². The monoisotopic (exact) mass is 1090 g/mol. The number of amides is 10. The molecule has 28 nitrogen and oxygen atoms in total. The fraction of sp³-hybridized carbons (Fsp3) is 0.673. The lowest BCUT2D eigenvalue weighted by Gasteiger charge is -2.29. The lowest BCUT2D eigenvalue weighted by Crippen LogP contribution is -2.61. The molecule has 2 unspecified atom stereocenters. The summed E-state index contributed by atoms with van der Waals surface area (Å²) in [6, 6.07) is -4.52. The third-order valence-corrected chi connectivity index (χ3v) is 12.7. The number of nitrogens with one attached hydrogen (secondary N) is 11. The third-order valence-electron chi connectivity index (χ3n) is 12.7. The van der Waals surface area contributed by atoms with Crippen LogP contribution in [-0.4, -0.2) is 206 Å². The molecule has 0 aliphatic carbocycles. The van der Waals surface area contributed by atoms with E-state index in [-0.39, 0.29) is 77.2 Å². The van der Waals surface area contributed by atoms with Gasteiger partial charge in [0.2, 0.25) is 59.1 Å². The molecular formula is C49H84N16O12. The summed E-state index contributed by atoms with van der Waals surface area (Å²) in [4.78, 5) is 141. The third kappa shape index (κ3) is 22.2. The number of carbonyl (C=O) groups excluding carboxylic acids is 10. The Morgan fingerprint density at radius 3 is 1.65 bits per heavy atom. The van der Waals surface area contributed by atoms with Gasteiger partial charge in [0, 0.05) is 39.1 Å². The van der Waals surface area contributed by atoms with Gasteiger partial charge in [-0.1, -0.05) is 44.2 Å². The molecule has 0 saturated carbocycles. The summed E-state index contributed by atoms with van der Waals surface area (Å²) in [7, 11) is 0. The van der Waals surface area contributed by atoms with Crippen LogP contribution in [0.4, 0.5) is 0 Å². The van der Waals surface area contributed by atoms with E-state index in [1.54, 1.807) is 44.2 Å². The zero-order valence-corrected chi connectivity index (χ0v) is 44.6. The fourth-order valence-corrected chi connectivity index (χ4v) is 8.47. The average Bonchev–Trinajstić information content (AvgIpc) is 3.37. The molecule has 2 heterocycles. The number of hydrogen-bond acceptors (Lipinski definition) is 18. The van der Waals surface area contributed by atoms with Crippen molar-refractivity contribution >= 4 is 59.1 Å². The van der Waals surface area contributed by atoms with E-state index in [0.29, 0.717) is 31.7 Å². The van der Waals surface area contributed by atoms with E-state index in [2.05, 4.69) is 58.5 Å². The number of carbonyl (C=O) groups is 10. The van der Waals surface area contributed by atoms with Gasteiger partial charge in [-0.05, 0) is 90.0 Å². The number of nitrogens with two attached hydrogens (primary N) is 4. The molecule has 2 aliphatic rings. The predicted octanol–water partition coefficient (Wildman–Crippen LogP) is -7.78. The number of piperazine rings is 1. The number of nitrogens with zero attached hydrogens (tertiary/aromatic N) is 1. The summed E-state index contributed by atoms with van der Waals surface area (Å²) in [6.07, 6.45) is -4.11. The first-order valence-corrected chi connectivity index (χ1v) is 26.3. The molecular weight excluding hydrogens is 1000 g/mol. The molecule has 2 aliphatic heterocycles. The van der Waals surface area contributed by atoms with Crippen LogP contribution in [0.5, 0.6) is 0 Å². The molecule has 11 atom stereocenters. The average molecular weight is 1090 g/mol. The van der Waals surface area contributed by atoms with E-state index in [1.807, 2.05) is 4.90 Å². The van der Waals surface area contributed by atoms with Crippen molar-refractivity contribution in [2.75, 3.05) is 65.4 Å². The minimum Gasteiger partial charge on any atom is -0.391 e. The van der Waals surface area contributed by atoms with Gasteiger partial charge in [0.1, 0.15) is 54.4 Å². The van der Waals surface area contributed by atoms with Gasteiger partial charge < -0.3 is 91.6 Å². The molecule has 432 valence electrons. The minimum absolute atomic E-state index is 0.0606. The van der Waals surface area contributed by atoms with Crippen molar-refractivity contribution in [2.45, 2.75) is 139 Å². The molecule has 1 aromatic rings. The van der Waals surface area contributed by atoms with Crippen LogP contribution in [0.2, 0.25) is 0 Å². The van der Waals surface area contributed by atoms with Gasteiger partial charge in [0.05, 0.1) is 18.8 Å². The smallest absolute Gasteiger partial charge is 0.245 e. The Kier molecular flexibility index (Phi) is 28.4. The summed E-state index contributed by atoms with van der Waals surface area (Å²) >= 11 is 0. The zero-order chi connectivity index (χ0) is 57.2. The van der Waals surface area contributed by atoms with E-state index >= 15 is 0 Å². The molecule has 3 rings (SSSR count). The number of benzene rings is 1. The summed E-state index contributed by atoms with van der Waals surface area (Å²) in [5, 5.41) is 50.1. The highest BCUT2D eigenvalue weighted by molar-refractivity contribution is 5.99. The van der Waals surface area contributed by atoms with Gasteiger partial charge in [0.25, 0.3) is 0 Å². The van der Waals surface area contributed by atoms with E-state index in [9.17, 15) is 58.2 Å². The van der Waals surface area contributed by atoms with Crippen molar-refractivity contribution in [1.29, 1.82) is 0 Å². The predicted molar refractivity (Wildman–Crippen MR) is 282 cm³/mol. The van der Waals surface area contributed by atoms with Crippen molar-refractivity contribution in [3.05, 3.63) is 35.9 Å². The zero-order valence-electron chi connectivity index (χ0n) is 44.6. The molecule has 2 saturated heterocycles. The second kappa shape index (κ2) is 33.7. The first-order valence-electron chi connectivity index (χ1n) is 26.3. The minimum atomic E-state index is -1.66. The maximum Gasteiger partial charge on any atom is 0.245 e. The maximum atomic E-state index is 14.4. The molecule has 0 spiro atoms. The van der Waals surface area contributed by atoms with Gasteiger partial charge in [-0.3, -0.25) is 52.8 Å². The van der Waals surface area contributed by atoms with Gasteiger partial charge in [-0.2, -0.15) is 0 Å². The Morgan fingerprint density at radius 1 is 0.623 bits per heavy atom. The number of aliphatic hydroxyl groups excluding tert-OH is 2. The van der Waals surface area contributed by atoms with Crippen LogP contribution in [-0.2, 0) is 54.4 Å². The lowest BCUT2D eigenvalue weighted by atomic mass is 10.00. The molecule has 10 amide bonds. The first kappa shape index (κ1) is 64.9. The SMILES string of the molecule is CC(C)C[C@@H]1NC(=O)[C@@H](Cc2ccccc2)NC(=O)[C@H](CCN)NC(=O)[C@@H](NC(=O)[C@H](CCN)NC(=O)[C@@H](NC(=O)CN2CCNCC2)C(C)O)CCNC(=O)[C@H](C(C)O)NC(=O)[C@H](CCN)NC(=O)[C@H](CCN)NC1=O. The van der Waals surface area contributed by atoms with Crippen LogP contribution in [0.1, 0.15) is 71.8 Å². The van der Waals surface area contributed by atoms with Crippen LogP contribution in [0, 0.1) is 5.92 Å². The van der Waals surface area contributed by atoms with Crippen molar-refractivity contribution < 1.29 is 58.2 Å². The Morgan fingerprint density at radius 2 is 1.13 bits per heavy atom. The standard InChI is InChI=1S/C49H84N16O12/c1-27(2)24-36-46(74)58-31(10-15-50)41(69)57-34(13-18-53)45(73)64-39(28(3)66)48(76)55-19-14-35(44(72)56-32(11-16-51)43(71)62-37(47(75)61-36)25-30-8-6-5-7-9-30)59-42(70)33(12-17-52)60-49(77)40(29(4)67)63-38(68)26-65-22-20-54-21-23-65/h5-9,27-29,31-37,39-40,54,66-67H,10-26,50-53H2,1-4H3,(H,55,76)(H,56,72)(H,57,69)(H,58,74)(H,59,70)(H,60,77)(H,61,75)(H,62,71)(H,63,68)(H,64,73)/t28?,29?,31-,32-,33-,34-,35-,36-,37+,39-,40-/m0/s1. The van der Waals surface area contributed by atoms with E-state index in [0.717, 1.165) is 0 Å². The number of hydrogen-bond donors (Lipinski definition) is 17. The van der Waals surface area contributed by atoms with Crippen molar-refractivity contribution in [2.24, 2.45) is 28.9 Å². The highest BCUT2D eigenvalue weighted by Gasteiger charge is 2.37. The Bertz CT molecular complexity index is 2110. The van der Waals surface area contributed by atoms with Gasteiger partial charge in [-0.25, -0.2) is 0 Å². The molecule has 28 heteroatoms. The van der Waals surface area contributed by atoms with Crippen LogP contribution in [0.3, 0.4) is 0 Å². The molecule has 21 N–H and O–H groups in total. The van der Waals surface area contributed by atoms with Crippen LogP contribution in [0.15, 0.2) is 30.3 Å². The topological polar surface area (TPSA) is 451 Å². The van der Waals surface area contributed by atoms with E-state index in [4.69, 9.17) is 22.9 Å². The molecule has 2 fully saturated rings. The van der Waals surface area contributed by atoms with Crippen LogP contribution < -0.4 is 81.4 Å². The highest BCUT2D eigenvalue weighted by atomic mass is 16.3. The number of aliphatic hydroxyl groups is 2. The summed E-state index contributed by atoms with van der Waals surface area (Å²) in [5.41, 5.74) is 24.1. The summed E-state index contributed by atoms with van der Waals surface area (Å²) in [6.45, 7) is 7.47. The Hall–Kier alpha value is -6.40. The summed E-state index contributed by atoms with van der Waals surface area (Å²) < 4.78 is 0. The quantitative estimate of drug-likeness (QED) is 0.0544. The lowest BCUT2D eigenvalue weighted by molar-refractivity contribution is -0.136. The van der Waals surface area contributed by atoms with Crippen LogP contribution >= 0.6 is 0 Å². The highest BCUT2D eigenvalue weighted by Crippen LogP contribution is 2.11. The second-order valence-electron chi connectivity index (χ2n) is 19.7. The molecule has 0 bridgehead atoms. The fourth-order valence-electron chi connectivity index (χ4n) is 8.47. The molecule has 77 heavy (non-hydrogen) atoms. The second-order valence-corrected chi connectivity index (χ2v) is 19.7. The molecule has 0 radical (unpaired) electrons. The van der Waals surface area contributed by atoms with Gasteiger partial charge >= 0.3 is 0 Å². The molecule has 0 aromatic heterocycles. The molecule has 1 aromatic carbocycles. The summed E-state index contributed by atoms with van der Waals surface area (Å²) in [5.74, 6) is -8.91. The Labute approximate surface area is 448 Å². The van der Waals surface area contributed by atoms with Gasteiger partial charge in [-0.15, -0.1) is 0 Å². The van der Waals surface area contributed by atoms with Crippen molar-refractivity contribution in [1.82, 2.24) is 63.4 Å². The van der Waals surface area contributed by atoms with Crippen molar-refractivity contribution in [3.63, 3.8) is 0 Å². The largest absolute Gasteiger partial charge is 0.391 e.